The van der Waals surface area contributed by atoms with E-state index >= 15 is 0 Å². The summed E-state index contributed by atoms with van der Waals surface area (Å²) in [4.78, 5) is 11.6. The van der Waals surface area contributed by atoms with E-state index in [1.807, 2.05) is 0 Å². The van der Waals surface area contributed by atoms with Crippen molar-refractivity contribution in [1.82, 2.24) is 0 Å². The summed E-state index contributed by atoms with van der Waals surface area (Å²) >= 11 is 0. The van der Waals surface area contributed by atoms with Gasteiger partial charge in [0.25, 0.3) is 0 Å². The molecule has 0 aliphatic carbocycles. The summed E-state index contributed by atoms with van der Waals surface area (Å²) in [6.45, 7) is -0.489. The van der Waals surface area contributed by atoms with Crippen LogP contribution in [-0.4, -0.2) is 51.6 Å². The second-order valence-corrected chi connectivity index (χ2v) is 4.90. The number of aliphatic hydroxyl groups is 3. The topological polar surface area (TPSA) is 130 Å². The third kappa shape index (κ3) is 2.32. The maximum Gasteiger partial charge on any atom is 0.229 e. The lowest BCUT2D eigenvalue weighted by Crippen LogP contribution is -2.35. The molecule has 1 aliphatic rings. The van der Waals surface area contributed by atoms with Crippen molar-refractivity contribution in [2.75, 3.05) is 6.61 Å². The summed E-state index contributed by atoms with van der Waals surface area (Å²) in [6.07, 6.45) is -3.82. The highest BCUT2D eigenvalue weighted by Gasteiger charge is 2.44. The van der Waals surface area contributed by atoms with Gasteiger partial charge >= 0.3 is 0 Å². The average molecular weight is 310 g/mol. The Morgan fingerprint density at radius 2 is 1.95 bits per heavy atom. The van der Waals surface area contributed by atoms with Crippen LogP contribution in [0.15, 0.2) is 33.7 Å². The van der Waals surface area contributed by atoms with Crippen molar-refractivity contribution in [3.8, 4) is 11.5 Å². The Labute approximate surface area is 123 Å². The van der Waals surface area contributed by atoms with Crippen LogP contribution in [0.2, 0.25) is 0 Å². The molecule has 2 aromatic rings. The van der Waals surface area contributed by atoms with Crippen molar-refractivity contribution < 1.29 is 34.3 Å². The Bertz CT molecular complexity index is 739. The Morgan fingerprint density at radius 3 is 2.64 bits per heavy atom. The number of hydrogen-bond acceptors (Lipinski definition) is 8. The van der Waals surface area contributed by atoms with Crippen LogP contribution in [0, 0.1) is 0 Å². The summed E-state index contributed by atoms with van der Waals surface area (Å²) < 4.78 is 15.6. The molecule has 118 valence electrons. The van der Waals surface area contributed by atoms with Crippen LogP contribution in [0.3, 0.4) is 0 Å². The van der Waals surface area contributed by atoms with E-state index in [4.69, 9.17) is 19.0 Å². The van der Waals surface area contributed by atoms with Gasteiger partial charge in [-0.05, 0) is 12.1 Å². The summed E-state index contributed by atoms with van der Waals surface area (Å²) in [7, 11) is 0. The van der Waals surface area contributed by atoms with Gasteiger partial charge in [0, 0.05) is 6.07 Å². The molecule has 1 aliphatic heterocycles. The Hall–Kier alpha value is -2.13. The maximum absolute atomic E-state index is 11.6. The minimum Gasteiger partial charge on any atom is -0.502 e. The predicted molar refractivity (Wildman–Crippen MR) is 72.5 cm³/mol. The molecule has 4 N–H and O–H groups in total. The van der Waals surface area contributed by atoms with Gasteiger partial charge in [-0.3, -0.25) is 4.79 Å². The first-order valence-corrected chi connectivity index (χ1v) is 6.55. The summed E-state index contributed by atoms with van der Waals surface area (Å²) in [5.74, 6) is -0.510. The molecule has 0 bridgehead atoms. The van der Waals surface area contributed by atoms with Crippen LogP contribution in [0.4, 0.5) is 0 Å². The second kappa shape index (κ2) is 5.58. The zero-order chi connectivity index (χ0) is 15.9. The number of rotatable bonds is 3. The first-order chi connectivity index (χ1) is 10.5. The number of aromatic hydroxyl groups is 1. The molecular weight excluding hydrogens is 296 g/mol. The quantitative estimate of drug-likeness (QED) is 0.586. The van der Waals surface area contributed by atoms with E-state index in [-0.39, 0.29) is 22.1 Å². The van der Waals surface area contributed by atoms with Gasteiger partial charge in [0.1, 0.15) is 18.3 Å². The van der Waals surface area contributed by atoms with Gasteiger partial charge in [0.2, 0.25) is 12.0 Å². The van der Waals surface area contributed by atoms with E-state index in [2.05, 4.69) is 0 Å². The molecule has 0 spiro atoms. The highest BCUT2D eigenvalue weighted by Crippen LogP contribution is 2.35. The van der Waals surface area contributed by atoms with E-state index in [0.29, 0.717) is 0 Å². The zero-order valence-electron chi connectivity index (χ0n) is 11.2. The van der Waals surface area contributed by atoms with E-state index < -0.39 is 37.0 Å². The van der Waals surface area contributed by atoms with Gasteiger partial charge in [-0.25, -0.2) is 0 Å². The number of fused-ring (bicyclic) bond motifs is 1. The van der Waals surface area contributed by atoms with Gasteiger partial charge in [0.05, 0.1) is 18.3 Å². The molecule has 3 rings (SSSR count). The monoisotopic (exact) mass is 310 g/mol. The Balaban J connectivity index is 1.92. The van der Waals surface area contributed by atoms with Gasteiger partial charge in [-0.2, -0.15) is 0 Å². The van der Waals surface area contributed by atoms with Crippen molar-refractivity contribution in [3.63, 3.8) is 0 Å². The molecule has 8 heteroatoms. The minimum atomic E-state index is -1.39. The van der Waals surface area contributed by atoms with Crippen molar-refractivity contribution in [3.05, 3.63) is 34.7 Å². The average Bonchev–Trinajstić information content (AvgIpc) is 2.78. The van der Waals surface area contributed by atoms with Gasteiger partial charge < -0.3 is 34.3 Å². The number of hydrogen-bond donors (Lipinski definition) is 4. The highest BCUT2D eigenvalue weighted by atomic mass is 16.7. The third-order valence-electron chi connectivity index (χ3n) is 3.51. The maximum atomic E-state index is 11.6. The van der Waals surface area contributed by atoms with Crippen LogP contribution in [-0.2, 0) is 4.74 Å². The lowest BCUT2D eigenvalue weighted by molar-refractivity contribution is -0.117. The molecule has 1 saturated heterocycles. The molecular formula is C14H14O8. The number of aliphatic hydroxyl groups excluding tert-OH is 3. The number of benzene rings is 1. The summed E-state index contributed by atoms with van der Waals surface area (Å²) in [5.41, 5.74) is -0.382. The van der Waals surface area contributed by atoms with Crippen LogP contribution < -0.4 is 10.2 Å². The normalized spacial score (nSPS) is 28.1. The molecule has 1 aromatic heterocycles. The van der Waals surface area contributed by atoms with Crippen molar-refractivity contribution in [1.29, 1.82) is 0 Å². The van der Waals surface area contributed by atoms with Gasteiger partial charge in [-0.1, -0.05) is 0 Å². The largest absolute Gasteiger partial charge is 0.502 e. The zero-order valence-corrected chi connectivity index (χ0v) is 11.2. The first-order valence-electron chi connectivity index (χ1n) is 6.55. The Morgan fingerprint density at radius 1 is 1.18 bits per heavy atom. The molecule has 1 fully saturated rings. The van der Waals surface area contributed by atoms with Gasteiger partial charge in [-0.15, -0.1) is 0 Å². The van der Waals surface area contributed by atoms with Crippen molar-refractivity contribution >= 4 is 11.0 Å². The fourth-order valence-electron chi connectivity index (χ4n) is 2.30. The fourth-order valence-corrected chi connectivity index (χ4v) is 2.30. The highest BCUT2D eigenvalue weighted by molar-refractivity contribution is 5.84. The molecule has 0 unspecified atom stereocenters. The minimum absolute atomic E-state index is 0.0586. The SMILES string of the molecule is O=c1ccoc2c(O)c(O[C@H]3O[C@H](CO)[C@@H](O)[C@@H]3O)ccc12. The Kier molecular flexibility index (Phi) is 3.75. The van der Waals surface area contributed by atoms with E-state index in [9.17, 15) is 20.1 Å². The molecule has 0 amide bonds. The number of ether oxygens (including phenoxy) is 2. The summed E-state index contributed by atoms with van der Waals surface area (Å²) in [5, 5.41) is 38.7. The summed E-state index contributed by atoms with van der Waals surface area (Å²) in [6, 6.07) is 3.94. The van der Waals surface area contributed by atoms with Crippen LogP contribution in [0.25, 0.3) is 11.0 Å². The van der Waals surface area contributed by atoms with Crippen LogP contribution in [0.5, 0.6) is 11.5 Å². The third-order valence-corrected chi connectivity index (χ3v) is 3.51. The molecule has 1 aromatic carbocycles. The van der Waals surface area contributed by atoms with E-state index in [0.717, 1.165) is 6.26 Å². The number of phenolic OH excluding ortho intramolecular Hbond substituents is 1. The predicted octanol–water partition coefficient (Wildman–Crippen LogP) is -0.684. The number of phenols is 1. The molecule has 4 atom stereocenters. The van der Waals surface area contributed by atoms with E-state index in [1.54, 1.807) is 0 Å². The smallest absolute Gasteiger partial charge is 0.229 e. The molecule has 8 nitrogen and oxygen atoms in total. The first kappa shape index (κ1) is 14.8. The molecule has 2 heterocycles. The van der Waals surface area contributed by atoms with Crippen LogP contribution in [0.1, 0.15) is 0 Å². The van der Waals surface area contributed by atoms with E-state index in [1.165, 1.54) is 18.2 Å². The molecule has 0 saturated carbocycles. The lowest BCUT2D eigenvalue weighted by atomic mass is 10.1. The van der Waals surface area contributed by atoms with Crippen molar-refractivity contribution in [2.24, 2.45) is 0 Å². The molecule has 22 heavy (non-hydrogen) atoms. The molecule has 0 radical (unpaired) electrons. The second-order valence-electron chi connectivity index (χ2n) is 4.90. The fraction of sp³-hybridized carbons (Fsp3) is 0.357. The standard InChI is InChI=1S/C14H14O8/c15-5-9-10(17)12(19)14(22-9)21-8-2-1-6-7(16)3-4-20-13(6)11(8)18/h1-4,9-10,12,14-15,17-19H,5H2/t9-,10-,12+,14+/m1/s1. The van der Waals surface area contributed by atoms with Gasteiger partial charge in [0.15, 0.2) is 16.8 Å². The lowest BCUT2D eigenvalue weighted by Gasteiger charge is -2.17. The van der Waals surface area contributed by atoms with Crippen molar-refractivity contribution in [2.45, 2.75) is 24.6 Å². The van der Waals surface area contributed by atoms with Crippen LogP contribution >= 0.6 is 0 Å².